The molecule has 4 heterocycles. The van der Waals surface area contributed by atoms with Gasteiger partial charge in [0.05, 0.1) is 11.9 Å². The van der Waals surface area contributed by atoms with Gasteiger partial charge in [-0.1, -0.05) is 0 Å². The second-order valence-electron chi connectivity index (χ2n) is 6.97. The molecule has 0 bridgehead atoms. The normalized spacial score (nSPS) is 13.3. The summed E-state index contributed by atoms with van der Waals surface area (Å²) in [6, 6.07) is 0.150. The van der Waals surface area contributed by atoms with Crippen LogP contribution in [0.5, 0.6) is 0 Å². The van der Waals surface area contributed by atoms with Crippen LogP contribution in [0.25, 0.3) is 22.6 Å². The van der Waals surface area contributed by atoms with Gasteiger partial charge in [0.25, 0.3) is 5.56 Å². The van der Waals surface area contributed by atoms with Gasteiger partial charge in [-0.3, -0.25) is 4.79 Å². The summed E-state index contributed by atoms with van der Waals surface area (Å²) in [6.07, 6.45) is 7.11. The van der Waals surface area contributed by atoms with Crippen LogP contribution < -0.4 is 5.56 Å². The number of hydrogen-bond donors (Lipinski definition) is 1. The molecule has 0 radical (unpaired) electrons. The van der Waals surface area contributed by atoms with Crippen LogP contribution in [0.1, 0.15) is 25.6 Å². The van der Waals surface area contributed by atoms with Gasteiger partial charge in [0, 0.05) is 46.1 Å². The SMILES string of the molecule is CCn1c(-c2cnc(C)nc2)nc2c(=O)[nH]cnc21.CN(C)C(=O)N1CCCC1. The second-order valence-corrected chi connectivity index (χ2v) is 6.97. The minimum Gasteiger partial charge on any atom is -0.331 e. The van der Waals surface area contributed by atoms with Crippen LogP contribution in [0.4, 0.5) is 4.79 Å². The number of likely N-dealkylation sites (tertiary alicyclic amines) is 1. The van der Waals surface area contributed by atoms with E-state index in [1.54, 1.807) is 31.4 Å². The molecule has 1 aliphatic heterocycles. The molecule has 29 heavy (non-hydrogen) atoms. The largest absolute Gasteiger partial charge is 0.331 e. The highest BCUT2D eigenvalue weighted by atomic mass is 16.2. The molecule has 154 valence electrons. The number of nitrogens with one attached hydrogen (secondary N) is 1. The van der Waals surface area contributed by atoms with Crippen LogP contribution in [-0.4, -0.2) is 72.5 Å². The molecule has 0 unspecified atom stereocenters. The lowest BCUT2D eigenvalue weighted by Crippen LogP contribution is -2.36. The van der Waals surface area contributed by atoms with Crippen LogP contribution in [0.3, 0.4) is 0 Å². The minimum atomic E-state index is -0.244. The Hall–Kier alpha value is -3.30. The standard InChI is InChI=1S/C12H12N6O.C7H14N2O/c1-3-18-10(8-4-13-7(2)14-5-8)17-9-11(18)15-6-16-12(9)19;1-8(2)7(10)9-5-3-4-6-9/h4-6H,3H2,1-2H3,(H,15,16,19);3-6H2,1-2H3. The number of nitrogens with zero attached hydrogens (tertiary/aromatic N) is 7. The van der Waals surface area contributed by atoms with E-state index in [1.807, 2.05) is 23.3 Å². The average Bonchev–Trinajstić information content (AvgIpc) is 3.37. The highest BCUT2D eigenvalue weighted by molar-refractivity contribution is 5.75. The summed E-state index contributed by atoms with van der Waals surface area (Å²) in [7, 11) is 3.58. The number of carbonyl (C=O) groups is 1. The number of aromatic amines is 1. The van der Waals surface area contributed by atoms with Crippen molar-refractivity contribution in [2.24, 2.45) is 0 Å². The Morgan fingerprint density at radius 2 is 1.83 bits per heavy atom. The predicted molar refractivity (Wildman–Crippen MR) is 109 cm³/mol. The third kappa shape index (κ3) is 4.41. The van der Waals surface area contributed by atoms with Gasteiger partial charge in [-0.2, -0.15) is 0 Å². The third-order valence-electron chi connectivity index (χ3n) is 4.65. The number of H-pyrrole nitrogens is 1. The molecule has 4 rings (SSSR count). The molecule has 0 aromatic carbocycles. The molecule has 1 saturated heterocycles. The molecule has 3 aromatic rings. The fourth-order valence-corrected chi connectivity index (χ4v) is 3.17. The number of hydrogen-bond acceptors (Lipinski definition) is 6. The van der Waals surface area contributed by atoms with Crippen molar-refractivity contribution < 1.29 is 4.79 Å². The molecule has 1 fully saturated rings. The summed E-state index contributed by atoms with van der Waals surface area (Å²) in [5.74, 6) is 1.35. The number of urea groups is 1. The molecule has 0 saturated carbocycles. The van der Waals surface area contributed by atoms with Gasteiger partial charge in [0.1, 0.15) is 11.6 Å². The van der Waals surface area contributed by atoms with Gasteiger partial charge in [0.2, 0.25) is 0 Å². The number of aromatic nitrogens is 6. The number of fused-ring (bicyclic) bond motifs is 1. The van der Waals surface area contributed by atoms with Gasteiger partial charge in [0.15, 0.2) is 11.2 Å². The van der Waals surface area contributed by atoms with Crippen molar-refractivity contribution in [1.29, 1.82) is 0 Å². The van der Waals surface area contributed by atoms with E-state index in [-0.39, 0.29) is 11.6 Å². The summed E-state index contributed by atoms with van der Waals surface area (Å²) in [5.41, 5.74) is 1.43. The van der Waals surface area contributed by atoms with Crippen molar-refractivity contribution in [3.05, 3.63) is 34.9 Å². The summed E-state index contributed by atoms with van der Waals surface area (Å²) in [5, 5.41) is 0. The number of rotatable bonds is 2. The van der Waals surface area contributed by atoms with Crippen molar-refractivity contribution >= 4 is 17.2 Å². The van der Waals surface area contributed by atoms with Gasteiger partial charge in [-0.05, 0) is 26.7 Å². The first kappa shape index (κ1) is 20.4. The van der Waals surface area contributed by atoms with Crippen molar-refractivity contribution in [3.8, 4) is 11.4 Å². The summed E-state index contributed by atoms with van der Waals surface area (Å²) in [6.45, 7) is 6.34. The lowest BCUT2D eigenvalue weighted by molar-refractivity contribution is 0.182. The van der Waals surface area contributed by atoms with E-state index in [0.717, 1.165) is 18.7 Å². The summed E-state index contributed by atoms with van der Waals surface area (Å²) in [4.78, 5) is 45.8. The van der Waals surface area contributed by atoms with Crippen molar-refractivity contribution in [2.75, 3.05) is 27.2 Å². The molecular weight excluding hydrogens is 372 g/mol. The van der Waals surface area contributed by atoms with E-state index in [4.69, 9.17) is 0 Å². The molecule has 1 aliphatic rings. The highest BCUT2D eigenvalue weighted by Gasteiger charge is 2.18. The quantitative estimate of drug-likeness (QED) is 0.702. The van der Waals surface area contributed by atoms with Crippen LogP contribution in [-0.2, 0) is 6.54 Å². The molecule has 0 spiro atoms. The van der Waals surface area contributed by atoms with E-state index in [2.05, 4.69) is 24.9 Å². The van der Waals surface area contributed by atoms with E-state index in [1.165, 1.54) is 19.2 Å². The highest BCUT2D eigenvalue weighted by Crippen LogP contribution is 2.20. The summed E-state index contributed by atoms with van der Waals surface area (Å²) < 4.78 is 1.87. The molecule has 0 aliphatic carbocycles. The zero-order chi connectivity index (χ0) is 21.0. The molecule has 10 heteroatoms. The maximum absolute atomic E-state index is 11.7. The molecule has 1 N–H and O–H groups in total. The first-order chi connectivity index (χ1) is 13.9. The Kier molecular flexibility index (Phi) is 6.20. The molecule has 2 amide bonds. The first-order valence-corrected chi connectivity index (χ1v) is 9.61. The zero-order valence-corrected chi connectivity index (χ0v) is 17.2. The molecule has 3 aromatic heterocycles. The number of imidazole rings is 1. The van der Waals surface area contributed by atoms with Crippen molar-refractivity contribution in [2.45, 2.75) is 33.2 Å². The lowest BCUT2D eigenvalue weighted by Gasteiger charge is -2.20. The Morgan fingerprint density at radius 1 is 1.17 bits per heavy atom. The van der Waals surface area contributed by atoms with Crippen LogP contribution in [0.2, 0.25) is 0 Å². The number of carbonyl (C=O) groups excluding carboxylic acids is 1. The number of amides is 2. The number of aryl methyl sites for hydroxylation is 2. The topological polar surface area (TPSA) is 113 Å². The third-order valence-corrected chi connectivity index (χ3v) is 4.65. The Balaban J connectivity index is 0.000000204. The van der Waals surface area contributed by atoms with Gasteiger partial charge in [-0.25, -0.2) is 24.7 Å². The van der Waals surface area contributed by atoms with Crippen LogP contribution in [0.15, 0.2) is 23.5 Å². The Morgan fingerprint density at radius 3 is 2.41 bits per heavy atom. The van der Waals surface area contributed by atoms with Gasteiger partial charge >= 0.3 is 6.03 Å². The van der Waals surface area contributed by atoms with Crippen molar-refractivity contribution in [3.63, 3.8) is 0 Å². The summed E-state index contributed by atoms with van der Waals surface area (Å²) >= 11 is 0. The maximum Gasteiger partial charge on any atom is 0.319 e. The Bertz CT molecular complexity index is 1030. The van der Waals surface area contributed by atoms with Crippen LogP contribution >= 0.6 is 0 Å². The second kappa shape index (κ2) is 8.80. The fourth-order valence-electron chi connectivity index (χ4n) is 3.17. The van der Waals surface area contributed by atoms with E-state index >= 15 is 0 Å². The Labute approximate surface area is 168 Å². The van der Waals surface area contributed by atoms with E-state index in [0.29, 0.717) is 29.4 Å². The average molecular weight is 398 g/mol. The smallest absolute Gasteiger partial charge is 0.319 e. The van der Waals surface area contributed by atoms with Gasteiger partial charge < -0.3 is 19.4 Å². The monoisotopic (exact) mass is 398 g/mol. The molecule has 10 nitrogen and oxygen atoms in total. The molecule has 0 atom stereocenters. The molecular formula is C19H26N8O2. The zero-order valence-electron chi connectivity index (χ0n) is 17.2. The van der Waals surface area contributed by atoms with E-state index < -0.39 is 0 Å². The maximum atomic E-state index is 11.7. The predicted octanol–water partition coefficient (Wildman–Crippen LogP) is 1.67. The lowest BCUT2D eigenvalue weighted by atomic mass is 10.3. The van der Waals surface area contributed by atoms with Gasteiger partial charge in [-0.15, -0.1) is 0 Å². The minimum absolute atomic E-state index is 0.150. The fraction of sp³-hybridized carbons (Fsp3) is 0.474. The first-order valence-electron chi connectivity index (χ1n) is 9.61. The van der Waals surface area contributed by atoms with Crippen LogP contribution in [0, 0.1) is 6.92 Å². The van der Waals surface area contributed by atoms with Crippen molar-refractivity contribution in [1.82, 2.24) is 39.3 Å². The van der Waals surface area contributed by atoms with E-state index in [9.17, 15) is 9.59 Å².